The average Bonchev–Trinajstić information content (AvgIpc) is 2.78. The largest absolute Gasteiger partial charge is 0.508 e. The van der Waals surface area contributed by atoms with Crippen molar-refractivity contribution >= 4 is 17.8 Å². The Balaban J connectivity index is 2.57. The van der Waals surface area contributed by atoms with E-state index in [4.69, 9.17) is 17.2 Å². The summed E-state index contributed by atoms with van der Waals surface area (Å²) in [6.45, 7) is 4.85. The molecule has 10 N–H and O–H groups in total. The van der Waals surface area contributed by atoms with E-state index in [0.29, 0.717) is 25.9 Å². The smallest absolute Gasteiger partial charge is 0.242 e. The zero-order valence-corrected chi connectivity index (χ0v) is 19.7. The van der Waals surface area contributed by atoms with Gasteiger partial charge in [-0.2, -0.15) is 0 Å². The highest BCUT2D eigenvalue weighted by Crippen LogP contribution is 2.12. The van der Waals surface area contributed by atoms with Crippen molar-refractivity contribution in [3.63, 3.8) is 0 Å². The van der Waals surface area contributed by atoms with E-state index in [2.05, 4.69) is 27.9 Å². The fourth-order valence-electron chi connectivity index (χ4n) is 3.18. The summed E-state index contributed by atoms with van der Waals surface area (Å²) in [6.07, 6.45) is 5.56. The van der Waals surface area contributed by atoms with Gasteiger partial charge in [-0.3, -0.25) is 14.6 Å². The third-order valence-electron chi connectivity index (χ3n) is 5.10. The van der Waals surface area contributed by atoms with Crippen LogP contribution in [-0.4, -0.2) is 61.1 Å². The first kappa shape index (κ1) is 28.2. The second-order valence-corrected chi connectivity index (χ2v) is 8.09. The number of hydrogen-bond donors (Lipinski definition) is 7. The molecule has 0 saturated carbocycles. The summed E-state index contributed by atoms with van der Waals surface area (Å²) in [6, 6.07) is 4.98. The molecule has 2 atom stereocenters. The number of carbonyl (C=O) groups excluding carboxylic acids is 2. The molecule has 0 aliphatic rings. The molecule has 186 valence electrons. The number of unbranched alkanes of at least 4 members (excludes halogenated alkanes) is 2. The molecular formula is C23H41N7O3. The molecular weight excluding hydrogens is 422 g/mol. The second kappa shape index (κ2) is 16.7. The van der Waals surface area contributed by atoms with Gasteiger partial charge in [0.15, 0.2) is 5.96 Å². The number of nitrogens with one attached hydrogen (secondary N) is 3. The Bertz CT molecular complexity index is 721. The lowest BCUT2D eigenvalue weighted by molar-refractivity contribution is -0.129. The van der Waals surface area contributed by atoms with Gasteiger partial charge in [-0.05, 0) is 56.5 Å². The van der Waals surface area contributed by atoms with E-state index in [-0.39, 0.29) is 24.0 Å². The molecule has 10 nitrogen and oxygen atoms in total. The quantitative estimate of drug-likeness (QED) is 0.0970. The third-order valence-corrected chi connectivity index (χ3v) is 5.10. The van der Waals surface area contributed by atoms with Crippen LogP contribution in [0.5, 0.6) is 5.75 Å². The molecule has 0 aliphatic heterocycles. The van der Waals surface area contributed by atoms with Crippen LogP contribution in [0.25, 0.3) is 0 Å². The number of amides is 2. The predicted octanol–water partition coefficient (Wildman–Crippen LogP) is 0.0865. The fraction of sp³-hybridized carbons (Fsp3) is 0.609. The van der Waals surface area contributed by atoms with E-state index < -0.39 is 18.0 Å². The standard InChI is InChI=1S/C23H41N7O3/c1-2-3-4-12-27-13-6-15-28-22(33)20(16-17-8-10-18(31)11-9-17)30-21(32)19(24)7-5-14-29-23(25)26/h8-11,19-20,27,31H,2-7,12-16,24H2,1H3,(H,28,33)(H,30,32)(H4,25,26,29). The van der Waals surface area contributed by atoms with Gasteiger partial charge in [0.05, 0.1) is 6.04 Å². The van der Waals surface area contributed by atoms with Crippen molar-refractivity contribution in [1.82, 2.24) is 16.0 Å². The SMILES string of the molecule is CCCCCNCCCNC(=O)C(Cc1ccc(O)cc1)NC(=O)C(N)CCCN=C(N)N. The molecule has 0 aromatic heterocycles. The summed E-state index contributed by atoms with van der Waals surface area (Å²) in [7, 11) is 0. The van der Waals surface area contributed by atoms with E-state index >= 15 is 0 Å². The van der Waals surface area contributed by atoms with Crippen molar-refractivity contribution in [2.75, 3.05) is 26.2 Å². The van der Waals surface area contributed by atoms with Crippen LogP contribution in [0.1, 0.15) is 51.0 Å². The number of carbonyl (C=O) groups is 2. The molecule has 1 rings (SSSR count). The number of phenolic OH excluding ortho intramolecular Hbond substituents is 1. The Labute approximate surface area is 196 Å². The average molecular weight is 464 g/mol. The first-order valence-electron chi connectivity index (χ1n) is 11.7. The Kier molecular flexibility index (Phi) is 14.3. The minimum absolute atomic E-state index is 0.00480. The van der Waals surface area contributed by atoms with Crippen molar-refractivity contribution in [3.05, 3.63) is 29.8 Å². The van der Waals surface area contributed by atoms with Gasteiger partial charge in [0.25, 0.3) is 0 Å². The highest BCUT2D eigenvalue weighted by molar-refractivity contribution is 5.89. The summed E-state index contributed by atoms with van der Waals surface area (Å²) >= 11 is 0. The summed E-state index contributed by atoms with van der Waals surface area (Å²) in [5, 5.41) is 18.5. The molecule has 0 fully saturated rings. The maximum absolute atomic E-state index is 12.8. The minimum Gasteiger partial charge on any atom is -0.508 e. The Morgan fingerprint density at radius 2 is 1.70 bits per heavy atom. The number of nitrogens with zero attached hydrogens (tertiary/aromatic N) is 1. The molecule has 0 saturated heterocycles. The maximum atomic E-state index is 12.8. The van der Waals surface area contributed by atoms with Crippen LogP contribution in [0.15, 0.2) is 29.3 Å². The van der Waals surface area contributed by atoms with Crippen LogP contribution in [0.4, 0.5) is 0 Å². The van der Waals surface area contributed by atoms with Gasteiger partial charge in [0.1, 0.15) is 11.8 Å². The van der Waals surface area contributed by atoms with Crippen LogP contribution in [0, 0.1) is 0 Å². The minimum atomic E-state index is -0.776. The van der Waals surface area contributed by atoms with Crippen molar-refractivity contribution in [3.8, 4) is 5.75 Å². The topological polar surface area (TPSA) is 181 Å². The third kappa shape index (κ3) is 13.3. The van der Waals surface area contributed by atoms with E-state index in [9.17, 15) is 14.7 Å². The lowest BCUT2D eigenvalue weighted by atomic mass is 10.0. The van der Waals surface area contributed by atoms with Gasteiger partial charge in [0, 0.05) is 19.5 Å². The molecule has 2 unspecified atom stereocenters. The number of phenols is 1. The number of rotatable bonds is 17. The number of hydrogen-bond acceptors (Lipinski definition) is 6. The predicted molar refractivity (Wildman–Crippen MR) is 132 cm³/mol. The number of guanidine groups is 1. The highest BCUT2D eigenvalue weighted by Gasteiger charge is 2.23. The number of aromatic hydroxyl groups is 1. The molecule has 0 bridgehead atoms. The van der Waals surface area contributed by atoms with Gasteiger partial charge >= 0.3 is 0 Å². The Morgan fingerprint density at radius 1 is 1.00 bits per heavy atom. The summed E-state index contributed by atoms with van der Waals surface area (Å²) in [5.41, 5.74) is 17.4. The molecule has 2 amide bonds. The van der Waals surface area contributed by atoms with Gasteiger partial charge in [-0.15, -0.1) is 0 Å². The monoisotopic (exact) mass is 463 g/mol. The van der Waals surface area contributed by atoms with Gasteiger partial charge < -0.3 is 38.3 Å². The summed E-state index contributed by atoms with van der Waals surface area (Å²) < 4.78 is 0. The maximum Gasteiger partial charge on any atom is 0.242 e. The summed E-state index contributed by atoms with van der Waals surface area (Å²) in [4.78, 5) is 29.3. The van der Waals surface area contributed by atoms with E-state index in [0.717, 1.165) is 31.5 Å². The lowest BCUT2D eigenvalue weighted by Crippen LogP contribution is -2.52. The van der Waals surface area contributed by atoms with Crippen molar-refractivity contribution in [2.45, 2.75) is 64.0 Å². The molecule has 1 aromatic rings. The van der Waals surface area contributed by atoms with Crippen LogP contribution in [0.2, 0.25) is 0 Å². The Morgan fingerprint density at radius 3 is 2.36 bits per heavy atom. The van der Waals surface area contributed by atoms with Crippen molar-refractivity contribution in [2.24, 2.45) is 22.2 Å². The molecule has 33 heavy (non-hydrogen) atoms. The number of nitrogens with two attached hydrogens (primary N) is 3. The van der Waals surface area contributed by atoms with Gasteiger partial charge in [0.2, 0.25) is 11.8 Å². The zero-order chi connectivity index (χ0) is 24.5. The van der Waals surface area contributed by atoms with E-state index in [1.54, 1.807) is 24.3 Å². The summed E-state index contributed by atoms with van der Waals surface area (Å²) in [5.74, 6) is -0.542. The molecule has 0 radical (unpaired) electrons. The fourth-order valence-corrected chi connectivity index (χ4v) is 3.18. The van der Waals surface area contributed by atoms with Crippen LogP contribution < -0.4 is 33.2 Å². The van der Waals surface area contributed by atoms with Gasteiger partial charge in [-0.25, -0.2) is 0 Å². The number of aliphatic imine (C=N–C) groups is 1. The number of benzene rings is 1. The molecule has 0 heterocycles. The van der Waals surface area contributed by atoms with Crippen LogP contribution >= 0.6 is 0 Å². The molecule has 1 aromatic carbocycles. The zero-order valence-electron chi connectivity index (χ0n) is 19.7. The first-order chi connectivity index (χ1) is 15.8. The van der Waals surface area contributed by atoms with Crippen LogP contribution in [0.3, 0.4) is 0 Å². The molecule has 0 aliphatic carbocycles. The Hall–Kier alpha value is -2.85. The lowest BCUT2D eigenvalue weighted by Gasteiger charge is -2.21. The highest BCUT2D eigenvalue weighted by atomic mass is 16.3. The van der Waals surface area contributed by atoms with Crippen molar-refractivity contribution in [1.29, 1.82) is 0 Å². The normalized spacial score (nSPS) is 12.5. The van der Waals surface area contributed by atoms with Gasteiger partial charge in [-0.1, -0.05) is 31.9 Å². The first-order valence-corrected chi connectivity index (χ1v) is 11.7. The van der Waals surface area contributed by atoms with Crippen molar-refractivity contribution < 1.29 is 14.7 Å². The van der Waals surface area contributed by atoms with E-state index in [1.807, 2.05) is 0 Å². The molecule has 10 heteroatoms. The van der Waals surface area contributed by atoms with E-state index in [1.165, 1.54) is 12.8 Å². The second-order valence-electron chi connectivity index (χ2n) is 8.09. The van der Waals surface area contributed by atoms with Crippen LogP contribution in [-0.2, 0) is 16.0 Å². The molecule has 0 spiro atoms.